The van der Waals surface area contributed by atoms with Gasteiger partial charge in [0.25, 0.3) is 5.91 Å². The first-order valence-corrected chi connectivity index (χ1v) is 15.4. The van der Waals surface area contributed by atoms with Crippen LogP contribution in [-0.4, -0.2) is 71.6 Å². The van der Waals surface area contributed by atoms with Gasteiger partial charge < -0.3 is 34.7 Å². The van der Waals surface area contributed by atoms with Crippen LogP contribution in [0.2, 0.25) is 0 Å². The predicted octanol–water partition coefficient (Wildman–Crippen LogP) is 5.22. The van der Waals surface area contributed by atoms with Crippen molar-refractivity contribution >= 4 is 36.0 Å². The lowest BCUT2D eigenvalue weighted by Gasteiger charge is -2.26. The first-order valence-electron chi connectivity index (χ1n) is 15.4. The van der Waals surface area contributed by atoms with Gasteiger partial charge in [-0.05, 0) is 69.7 Å². The van der Waals surface area contributed by atoms with Crippen molar-refractivity contribution in [3.63, 3.8) is 0 Å². The average Bonchev–Trinajstić information content (AvgIpc) is 3.84. The van der Waals surface area contributed by atoms with Crippen molar-refractivity contribution in [1.82, 2.24) is 15.6 Å². The number of benzene rings is 1. The molecule has 47 heavy (non-hydrogen) atoms. The summed E-state index contributed by atoms with van der Waals surface area (Å²) in [6.07, 6.45) is 1.66. The Bertz CT molecular complexity index is 1530. The minimum absolute atomic E-state index is 0.0302. The molecule has 3 N–H and O–H groups in total. The smallest absolute Gasteiger partial charge is 0.408 e. The molecule has 1 aromatic carbocycles. The van der Waals surface area contributed by atoms with Crippen LogP contribution in [0.1, 0.15) is 97.7 Å². The Balaban J connectivity index is 1.96. The maximum Gasteiger partial charge on any atom is 0.408 e. The van der Waals surface area contributed by atoms with Gasteiger partial charge in [-0.25, -0.2) is 24.2 Å². The second kappa shape index (κ2) is 15.6. The number of aromatic nitrogens is 1. The highest BCUT2D eigenvalue weighted by atomic mass is 16.7. The zero-order valence-corrected chi connectivity index (χ0v) is 27.8. The van der Waals surface area contributed by atoms with E-state index < -0.39 is 53.5 Å². The molecule has 3 atom stereocenters. The van der Waals surface area contributed by atoms with E-state index in [2.05, 4.69) is 22.2 Å². The van der Waals surface area contributed by atoms with Crippen molar-refractivity contribution in [1.29, 1.82) is 0 Å². The minimum atomic E-state index is -1.47. The number of rotatable bonds is 14. The zero-order valence-electron chi connectivity index (χ0n) is 27.8. The van der Waals surface area contributed by atoms with Crippen molar-refractivity contribution in [2.45, 2.75) is 78.7 Å². The van der Waals surface area contributed by atoms with Gasteiger partial charge in [0.2, 0.25) is 6.29 Å². The first-order chi connectivity index (χ1) is 22.1. The number of aromatic carboxylic acids is 1. The van der Waals surface area contributed by atoms with E-state index in [0.29, 0.717) is 24.4 Å². The zero-order chi connectivity index (χ0) is 35.1. The number of nitrogens with one attached hydrogen (secondary N) is 2. The summed E-state index contributed by atoms with van der Waals surface area (Å²) >= 11 is 0. The highest BCUT2D eigenvalue weighted by Crippen LogP contribution is 2.34. The van der Waals surface area contributed by atoms with Gasteiger partial charge in [-0.3, -0.25) is 4.79 Å². The number of hydrogen-bond donors (Lipinski definition) is 3. The topological polar surface area (TPSA) is 179 Å². The predicted molar refractivity (Wildman–Crippen MR) is 172 cm³/mol. The van der Waals surface area contributed by atoms with Gasteiger partial charge >= 0.3 is 24.0 Å². The van der Waals surface area contributed by atoms with Gasteiger partial charge in [-0.2, -0.15) is 0 Å². The lowest BCUT2D eigenvalue weighted by atomic mass is 9.95. The number of carbonyl (C=O) groups is 5. The van der Waals surface area contributed by atoms with Crippen LogP contribution >= 0.6 is 0 Å². The van der Waals surface area contributed by atoms with E-state index in [9.17, 15) is 29.1 Å². The Hall–Kier alpha value is -4.94. The van der Waals surface area contributed by atoms with E-state index in [1.54, 1.807) is 27.7 Å². The number of pyridine rings is 1. The van der Waals surface area contributed by atoms with Gasteiger partial charge in [0.1, 0.15) is 23.1 Å². The summed E-state index contributed by atoms with van der Waals surface area (Å²) < 4.78 is 21.5. The Labute approximate surface area is 274 Å². The van der Waals surface area contributed by atoms with E-state index in [0.717, 1.165) is 12.8 Å². The van der Waals surface area contributed by atoms with Crippen molar-refractivity contribution in [2.75, 3.05) is 13.7 Å². The molecule has 13 heteroatoms. The van der Waals surface area contributed by atoms with Gasteiger partial charge in [-0.15, -0.1) is 0 Å². The van der Waals surface area contributed by atoms with Crippen LogP contribution < -0.4 is 15.4 Å². The molecule has 254 valence electrons. The maximum absolute atomic E-state index is 13.6. The van der Waals surface area contributed by atoms with E-state index >= 15 is 0 Å². The summed E-state index contributed by atoms with van der Waals surface area (Å²) in [5, 5.41) is 15.3. The molecule has 13 nitrogen and oxygen atoms in total. The van der Waals surface area contributed by atoms with Crippen molar-refractivity contribution in [3.8, 4) is 16.9 Å². The largest absolute Gasteiger partial charge is 0.496 e. The molecule has 1 aromatic heterocycles. The van der Waals surface area contributed by atoms with Crippen LogP contribution in [0, 0.1) is 11.8 Å². The first kappa shape index (κ1) is 36.5. The highest BCUT2D eigenvalue weighted by molar-refractivity contribution is 6.04. The molecule has 2 aromatic rings. The molecule has 0 spiro atoms. The fourth-order valence-electron chi connectivity index (χ4n) is 4.51. The number of carboxylic acid groups (broad SMARTS) is 1. The standard InChI is InChI=1S/C34H43N3O10/c1-9-18(3)27(37-33(43)47-34(5,6)7)31(41)45-19(4)46-32(42)28-22(13-14-25(36-28)29(38)35-17-20-11-12-20)23-16-26(44-8)21(10-2)15-24(23)30(39)40/h10,13-16,18-20,27H,2,9,11-12,17H2,1,3-8H3,(H,35,38)(H,37,43)(H,39,40). The fourth-order valence-corrected chi connectivity index (χ4v) is 4.51. The van der Waals surface area contributed by atoms with Crippen molar-refractivity contribution in [2.24, 2.45) is 11.8 Å². The van der Waals surface area contributed by atoms with Crippen LogP contribution in [0.5, 0.6) is 5.75 Å². The number of hydrogen-bond acceptors (Lipinski definition) is 10. The molecule has 1 heterocycles. The number of alkyl carbamates (subject to hydrolysis) is 1. The Morgan fingerprint density at radius 3 is 2.32 bits per heavy atom. The maximum atomic E-state index is 13.6. The molecule has 0 saturated heterocycles. The summed E-state index contributed by atoms with van der Waals surface area (Å²) in [6, 6.07) is 4.41. The van der Waals surface area contributed by atoms with Crippen molar-refractivity contribution in [3.05, 3.63) is 53.4 Å². The second-order valence-corrected chi connectivity index (χ2v) is 12.3. The summed E-state index contributed by atoms with van der Waals surface area (Å²) in [6.45, 7) is 14.1. The molecule has 3 unspecified atom stereocenters. The minimum Gasteiger partial charge on any atom is -0.496 e. The molecular weight excluding hydrogens is 610 g/mol. The normalized spacial score (nSPS) is 14.5. The van der Waals surface area contributed by atoms with Crippen LogP contribution in [-0.2, 0) is 19.0 Å². The number of methoxy groups -OCH3 is 1. The van der Waals surface area contributed by atoms with Gasteiger partial charge in [-0.1, -0.05) is 32.9 Å². The van der Waals surface area contributed by atoms with E-state index in [4.69, 9.17) is 18.9 Å². The molecule has 3 rings (SSSR count). The van der Waals surface area contributed by atoms with E-state index in [1.165, 1.54) is 44.4 Å². The van der Waals surface area contributed by atoms with Gasteiger partial charge in [0.15, 0.2) is 5.69 Å². The lowest BCUT2D eigenvalue weighted by molar-refractivity contribution is -0.169. The number of carboxylic acids is 1. The molecule has 1 saturated carbocycles. The van der Waals surface area contributed by atoms with Crippen LogP contribution in [0.3, 0.4) is 0 Å². The number of amides is 2. The van der Waals surface area contributed by atoms with Gasteiger partial charge in [0.05, 0.1) is 12.7 Å². The number of nitrogens with zero attached hydrogens (tertiary/aromatic N) is 1. The molecule has 0 radical (unpaired) electrons. The Morgan fingerprint density at radius 1 is 1.09 bits per heavy atom. The molecule has 2 amide bonds. The molecule has 0 aliphatic heterocycles. The lowest BCUT2D eigenvalue weighted by Crippen LogP contribution is -2.48. The summed E-state index contributed by atoms with van der Waals surface area (Å²) in [7, 11) is 1.40. The number of ether oxygens (including phenoxy) is 4. The third-order valence-corrected chi connectivity index (χ3v) is 7.37. The van der Waals surface area contributed by atoms with E-state index in [-0.39, 0.29) is 34.1 Å². The summed E-state index contributed by atoms with van der Waals surface area (Å²) in [5.74, 6) is -3.49. The number of carbonyl (C=O) groups excluding carboxylic acids is 4. The van der Waals surface area contributed by atoms with Crippen molar-refractivity contribution < 1.29 is 48.0 Å². The Kier molecular flexibility index (Phi) is 12.1. The second-order valence-electron chi connectivity index (χ2n) is 12.3. The third kappa shape index (κ3) is 10.0. The number of esters is 2. The van der Waals surface area contributed by atoms with Crippen LogP contribution in [0.25, 0.3) is 17.2 Å². The Morgan fingerprint density at radius 2 is 1.77 bits per heavy atom. The summed E-state index contributed by atoms with van der Waals surface area (Å²) in [5.41, 5.74) is -0.995. The van der Waals surface area contributed by atoms with Gasteiger partial charge in [0, 0.05) is 30.2 Å². The van der Waals surface area contributed by atoms with E-state index in [1.807, 2.05) is 6.92 Å². The van der Waals surface area contributed by atoms with Crippen LogP contribution in [0.15, 0.2) is 30.8 Å². The molecule has 1 aliphatic rings. The van der Waals surface area contributed by atoms with Crippen LogP contribution in [0.4, 0.5) is 4.79 Å². The summed E-state index contributed by atoms with van der Waals surface area (Å²) in [4.78, 5) is 68.7. The average molecular weight is 654 g/mol. The molecule has 0 bridgehead atoms. The fraction of sp³-hybridized carbons (Fsp3) is 0.471. The molecular formula is C34H43N3O10. The SMILES string of the molecule is C=Cc1cc(C(=O)O)c(-c2ccc(C(=O)NCC3CC3)nc2C(=O)OC(C)OC(=O)C(NC(=O)OC(C)(C)C)C(C)CC)cc1OC. The molecule has 1 aliphatic carbocycles. The third-order valence-electron chi connectivity index (χ3n) is 7.37. The highest BCUT2D eigenvalue weighted by Gasteiger charge is 2.32. The quantitative estimate of drug-likeness (QED) is 0.180. The molecule has 1 fully saturated rings. The monoisotopic (exact) mass is 653 g/mol.